The zero-order valence-electron chi connectivity index (χ0n) is 15.6. The number of hydrogen-bond donors (Lipinski definition) is 3. The molecule has 2 rings (SSSR count). The minimum Gasteiger partial charge on any atom is -0.352 e. The van der Waals surface area contributed by atoms with Crippen molar-refractivity contribution in [2.75, 3.05) is 5.32 Å². The van der Waals surface area contributed by atoms with Crippen LogP contribution in [0.2, 0.25) is 0 Å². The Morgan fingerprint density at radius 1 is 1.21 bits per heavy atom. The number of benzene rings is 1. The molecule has 6 nitrogen and oxygen atoms in total. The van der Waals surface area contributed by atoms with Crippen LogP contribution in [0, 0.1) is 0 Å². The Bertz CT molecular complexity index is 838. The SMILES string of the molecule is CCC(C)NC(=O)C(C)NC(=O)c1csc(Nc2cccc(C(F)(F)F)c2)n1. The summed E-state index contributed by atoms with van der Waals surface area (Å²) in [6.45, 7) is 5.35. The molecule has 2 unspecified atom stereocenters. The second-order valence-corrected chi connectivity index (χ2v) is 7.11. The van der Waals surface area contributed by atoms with Crippen LogP contribution in [0.25, 0.3) is 0 Å². The Morgan fingerprint density at radius 3 is 2.57 bits per heavy atom. The molecule has 2 amide bonds. The van der Waals surface area contributed by atoms with Crippen molar-refractivity contribution in [3.05, 3.63) is 40.9 Å². The highest BCUT2D eigenvalue weighted by atomic mass is 32.1. The smallest absolute Gasteiger partial charge is 0.352 e. The van der Waals surface area contributed by atoms with E-state index in [1.807, 2.05) is 13.8 Å². The Labute approximate surface area is 164 Å². The quantitative estimate of drug-likeness (QED) is 0.641. The fraction of sp³-hybridized carbons (Fsp3) is 0.389. The van der Waals surface area contributed by atoms with Crippen LogP contribution in [0.1, 0.15) is 43.2 Å². The lowest BCUT2D eigenvalue weighted by Crippen LogP contribution is -2.47. The zero-order chi connectivity index (χ0) is 20.9. The third kappa shape index (κ3) is 5.95. The molecule has 1 aromatic carbocycles. The van der Waals surface area contributed by atoms with Gasteiger partial charge in [-0.1, -0.05) is 13.0 Å². The van der Waals surface area contributed by atoms with Crippen molar-refractivity contribution >= 4 is 34.0 Å². The van der Waals surface area contributed by atoms with Crippen molar-refractivity contribution in [3.63, 3.8) is 0 Å². The third-order valence-electron chi connectivity index (χ3n) is 3.92. The molecule has 0 saturated heterocycles. The van der Waals surface area contributed by atoms with E-state index in [0.29, 0.717) is 0 Å². The van der Waals surface area contributed by atoms with E-state index < -0.39 is 23.7 Å². The van der Waals surface area contributed by atoms with E-state index in [9.17, 15) is 22.8 Å². The number of aromatic nitrogens is 1. The van der Waals surface area contributed by atoms with Crippen molar-refractivity contribution in [1.29, 1.82) is 0 Å². The summed E-state index contributed by atoms with van der Waals surface area (Å²) in [6.07, 6.45) is -3.68. The van der Waals surface area contributed by atoms with E-state index in [1.165, 1.54) is 17.5 Å². The normalized spacial score (nSPS) is 13.5. The maximum atomic E-state index is 12.8. The van der Waals surface area contributed by atoms with Crippen molar-refractivity contribution in [3.8, 4) is 0 Å². The molecule has 10 heteroatoms. The Balaban J connectivity index is 2.00. The zero-order valence-corrected chi connectivity index (χ0v) is 16.4. The van der Waals surface area contributed by atoms with Crippen molar-refractivity contribution < 1.29 is 22.8 Å². The van der Waals surface area contributed by atoms with Gasteiger partial charge in [0.15, 0.2) is 5.13 Å². The number of hydrogen-bond acceptors (Lipinski definition) is 5. The second-order valence-electron chi connectivity index (χ2n) is 6.25. The summed E-state index contributed by atoms with van der Waals surface area (Å²) in [5, 5.41) is 9.79. The molecule has 0 saturated carbocycles. The second kappa shape index (κ2) is 9.05. The highest BCUT2D eigenvalue weighted by Crippen LogP contribution is 2.31. The predicted octanol–water partition coefficient (Wildman–Crippen LogP) is 3.94. The molecule has 3 N–H and O–H groups in total. The van der Waals surface area contributed by atoms with Crippen LogP contribution in [0.15, 0.2) is 29.6 Å². The topological polar surface area (TPSA) is 83.1 Å². The van der Waals surface area contributed by atoms with E-state index >= 15 is 0 Å². The molecule has 0 spiro atoms. The molecule has 152 valence electrons. The van der Waals surface area contributed by atoms with Crippen LogP contribution in [0.3, 0.4) is 0 Å². The largest absolute Gasteiger partial charge is 0.416 e. The molecule has 0 aliphatic carbocycles. The van der Waals surface area contributed by atoms with E-state index in [0.717, 1.165) is 29.9 Å². The molecule has 28 heavy (non-hydrogen) atoms. The van der Waals surface area contributed by atoms with Gasteiger partial charge in [-0.05, 0) is 38.5 Å². The number of amides is 2. The van der Waals surface area contributed by atoms with Crippen LogP contribution in [-0.4, -0.2) is 28.9 Å². The number of anilines is 2. The summed E-state index contributed by atoms with van der Waals surface area (Å²) in [5.74, 6) is -0.847. The summed E-state index contributed by atoms with van der Waals surface area (Å²) in [4.78, 5) is 28.3. The van der Waals surface area contributed by atoms with Gasteiger partial charge in [0.1, 0.15) is 11.7 Å². The first kappa shape index (κ1) is 21.7. The van der Waals surface area contributed by atoms with Gasteiger partial charge >= 0.3 is 6.18 Å². The Morgan fingerprint density at radius 2 is 1.93 bits per heavy atom. The summed E-state index contributed by atoms with van der Waals surface area (Å²) in [6, 6.07) is 3.93. The van der Waals surface area contributed by atoms with Gasteiger partial charge in [0.05, 0.1) is 5.56 Å². The van der Waals surface area contributed by atoms with Gasteiger partial charge < -0.3 is 16.0 Å². The predicted molar refractivity (Wildman–Crippen MR) is 102 cm³/mol. The first-order valence-corrected chi connectivity index (χ1v) is 9.49. The molecule has 0 bridgehead atoms. The maximum absolute atomic E-state index is 12.8. The van der Waals surface area contributed by atoms with E-state index in [2.05, 4.69) is 20.9 Å². The molecule has 2 atom stereocenters. The maximum Gasteiger partial charge on any atom is 0.416 e. The summed E-state index contributed by atoms with van der Waals surface area (Å²) in [7, 11) is 0. The molecule has 0 radical (unpaired) electrons. The van der Waals surface area contributed by atoms with Gasteiger partial charge in [0.25, 0.3) is 5.91 Å². The summed E-state index contributed by atoms with van der Waals surface area (Å²) >= 11 is 1.07. The van der Waals surface area contributed by atoms with Crippen molar-refractivity contribution in [1.82, 2.24) is 15.6 Å². The van der Waals surface area contributed by atoms with Gasteiger partial charge in [-0.15, -0.1) is 11.3 Å². The molecule has 0 fully saturated rings. The number of halogens is 3. The van der Waals surface area contributed by atoms with E-state index in [-0.39, 0.29) is 28.5 Å². The number of rotatable bonds is 7. The summed E-state index contributed by atoms with van der Waals surface area (Å²) < 4.78 is 38.3. The van der Waals surface area contributed by atoms with Gasteiger partial charge in [0, 0.05) is 17.1 Å². The minimum atomic E-state index is -4.45. The van der Waals surface area contributed by atoms with Crippen LogP contribution < -0.4 is 16.0 Å². The lowest BCUT2D eigenvalue weighted by molar-refractivity contribution is -0.137. The molecule has 0 aliphatic heterocycles. The average molecular weight is 414 g/mol. The number of thiazole rings is 1. The third-order valence-corrected chi connectivity index (χ3v) is 4.68. The highest BCUT2D eigenvalue weighted by Gasteiger charge is 2.30. The molecular weight excluding hydrogens is 393 g/mol. The van der Waals surface area contributed by atoms with E-state index in [1.54, 1.807) is 6.92 Å². The number of nitrogens with zero attached hydrogens (tertiary/aromatic N) is 1. The van der Waals surface area contributed by atoms with Crippen LogP contribution in [0.5, 0.6) is 0 Å². The van der Waals surface area contributed by atoms with Gasteiger partial charge in [-0.3, -0.25) is 9.59 Å². The Kier molecular flexibility index (Phi) is 7.00. The first-order valence-electron chi connectivity index (χ1n) is 8.61. The van der Waals surface area contributed by atoms with Crippen molar-refractivity contribution in [2.24, 2.45) is 0 Å². The van der Waals surface area contributed by atoms with Crippen LogP contribution >= 0.6 is 11.3 Å². The summed E-state index contributed by atoms with van der Waals surface area (Å²) in [5.41, 5.74) is -0.506. The lowest BCUT2D eigenvalue weighted by Gasteiger charge is -2.16. The fourth-order valence-corrected chi connectivity index (χ4v) is 2.85. The molecule has 1 aromatic heterocycles. The van der Waals surface area contributed by atoms with Gasteiger partial charge in [0.2, 0.25) is 5.91 Å². The first-order chi connectivity index (χ1) is 13.1. The number of alkyl halides is 3. The lowest BCUT2D eigenvalue weighted by atomic mass is 10.2. The monoisotopic (exact) mass is 414 g/mol. The van der Waals surface area contributed by atoms with E-state index in [4.69, 9.17) is 0 Å². The van der Waals surface area contributed by atoms with Gasteiger partial charge in [-0.25, -0.2) is 4.98 Å². The molecular formula is C18H21F3N4O2S. The number of carbonyl (C=O) groups is 2. The standard InChI is InChI=1S/C18H21F3N4O2S/c1-4-10(2)22-15(26)11(3)23-16(27)14-9-28-17(25-14)24-13-7-5-6-12(8-13)18(19,20)21/h5-11H,4H2,1-3H3,(H,22,26)(H,23,27)(H,24,25). The van der Waals surface area contributed by atoms with Crippen LogP contribution in [-0.2, 0) is 11.0 Å². The number of nitrogens with one attached hydrogen (secondary N) is 3. The fourth-order valence-electron chi connectivity index (χ4n) is 2.14. The molecule has 2 aromatic rings. The number of carbonyl (C=O) groups excluding carboxylic acids is 2. The van der Waals surface area contributed by atoms with Crippen LogP contribution in [0.4, 0.5) is 24.0 Å². The van der Waals surface area contributed by atoms with Gasteiger partial charge in [-0.2, -0.15) is 13.2 Å². The highest BCUT2D eigenvalue weighted by molar-refractivity contribution is 7.14. The minimum absolute atomic E-state index is 0.00520. The molecule has 1 heterocycles. The van der Waals surface area contributed by atoms with Crippen molar-refractivity contribution in [2.45, 2.75) is 45.5 Å². The Hall–Kier alpha value is -2.62. The average Bonchev–Trinajstić information content (AvgIpc) is 3.09. The molecule has 0 aliphatic rings.